The zero-order valence-electron chi connectivity index (χ0n) is 13.3. The maximum Gasteiger partial charge on any atom is 0.0218 e. The molecule has 19 heavy (non-hydrogen) atoms. The highest BCUT2D eigenvalue weighted by atomic mass is 15.2. The fraction of sp³-hybridized carbons (Fsp3) is 1.00. The number of nitrogens with one attached hydrogen (secondary N) is 1. The van der Waals surface area contributed by atoms with Gasteiger partial charge in [0.1, 0.15) is 0 Å². The Bertz CT molecular complexity index is 246. The number of hydrogen-bond donors (Lipinski definition) is 1. The van der Waals surface area contributed by atoms with E-state index in [0.29, 0.717) is 6.04 Å². The van der Waals surface area contributed by atoms with Crippen LogP contribution >= 0.6 is 0 Å². The van der Waals surface area contributed by atoms with Crippen LogP contribution in [0.5, 0.6) is 0 Å². The van der Waals surface area contributed by atoms with Crippen molar-refractivity contribution >= 4 is 0 Å². The fourth-order valence-electron chi connectivity index (χ4n) is 3.83. The zero-order valence-corrected chi connectivity index (χ0v) is 13.3. The van der Waals surface area contributed by atoms with Gasteiger partial charge in [0, 0.05) is 25.2 Å². The first kappa shape index (κ1) is 15.3. The van der Waals surface area contributed by atoms with Gasteiger partial charge in [0.15, 0.2) is 0 Å². The summed E-state index contributed by atoms with van der Waals surface area (Å²) in [5, 5.41) is 3.75. The number of hydrogen-bond acceptors (Lipinski definition) is 2. The van der Waals surface area contributed by atoms with Gasteiger partial charge in [-0.2, -0.15) is 0 Å². The highest BCUT2D eigenvalue weighted by Gasteiger charge is 2.28. The average molecular weight is 266 g/mol. The third-order valence-electron chi connectivity index (χ3n) is 5.39. The first-order valence-electron chi connectivity index (χ1n) is 8.68. The highest BCUT2D eigenvalue weighted by Crippen LogP contribution is 2.27. The van der Waals surface area contributed by atoms with Crippen molar-refractivity contribution in [1.29, 1.82) is 0 Å². The van der Waals surface area contributed by atoms with Crippen molar-refractivity contribution in [2.24, 2.45) is 11.8 Å². The molecule has 0 amide bonds. The normalized spacial score (nSPS) is 30.9. The molecule has 0 radical (unpaired) electrons. The topological polar surface area (TPSA) is 15.3 Å². The smallest absolute Gasteiger partial charge is 0.0218 e. The monoisotopic (exact) mass is 266 g/mol. The van der Waals surface area contributed by atoms with Crippen LogP contribution < -0.4 is 5.32 Å². The molecule has 2 fully saturated rings. The summed E-state index contributed by atoms with van der Waals surface area (Å²) in [5.41, 5.74) is 0. The number of piperazine rings is 1. The van der Waals surface area contributed by atoms with Gasteiger partial charge in [-0.25, -0.2) is 0 Å². The average Bonchev–Trinajstić information content (AvgIpc) is 2.45. The summed E-state index contributed by atoms with van der Waals surface area (Å²) in [6.07, 6.45) is 10.2. The molecule has 2 aliphatic rings. The molecule has 0 aromatic carbocycles. The van der Waals surface area contributed by atoms with Crippen molar-refractivity contribution < 1.29 is 0 Å². The molecule has 1 aliphatic carbocycles. The Morgan fingerprint density at radius 2 is 1.89 bits per heavy atom. The molecule has 2 nitrogen and oxygen atoms in total. The zero-order chi connectivity index (χ0) is 13.7. The lowest BCUT2D eigenvalue weighted by Gasteiger charge is -2.42. The Labute approximate surface area is 120 Å². The molecular formula is C17H34N2. The van der Waals surface area contributed by atoms with Gasteiger partial charge >= 0.3 is 0 Å². The van der Waals surface area contributed by atoms with Gasteiger partial charge < -0.3 is 5.32 Å². The van der Waals surface area contributed by atoms with E-state index < -0.39 is 0 Å². The van der Waals surface area contributed by atoms with Crippen LogP contribution in [0, 0.1) is 11.8 Å². The third-order valence-corrected chi connectivity index (χ3v) is 5.39. The van der Waals surface area contributed by atoms with E-state index in [1.165, 1.54) is 64.6 Å². The van der Waals surface area contributed by atoms with E-state index in [2.05, 4.69) is 31.0 Å². The maximum atomic E-state index is 3.75. The van der Waals surface area contributed by atoms with Crippen LogP contribution in [0.1, 0.15) is 65.7 Å². The molecule has 1 N–H and O–H groups in total. The molecular weight excluding hydrogens is 232 g/mol. The van der Waals surface area contributed by atoms with E-state index >= 15 is 0 Å². The van der Waals surface area contributed by atoms with Crippen LogP contribution in [-0.2, 0) is 0 Å². The molecule has 2 atom stereocenters. The minimum Gasteiger partial charge on any atom is -0.311 e. The third kappa shape index (κ3) is 4.46. The van der Waals surface area contributed by atoms with E-state index in [1.54, 1.807) is 0 Å². The first-order valence-corrected chi connectivity index (χ1v) is 8.68. The van der Waals surface area contributed by atoms with Crippen LogP contribution in [0.15, 0.2) is 0 Å². The molecule has 1 heterocycles. The van der Waals surface area contributed by atoms with Gasteiger partial charge in [-0.05, 0) is 31.2 Å². The molecule has 0 spiro atoms. The Kier molecular flexibility index (Phi) is 6.15. The van der Waals surface area contributed by atoms with Crippen LogP contribution in [-0.4, -0.2) is 36.6 Å². The van der Waals surface area contributed by atoms with Crippen molar-refractivity contribution in [2.75, 3.05) is 19.6 Å². The second-order valence-electron chi connectivity index (χ2n) is 7.11. The summed E-state index contributed by atoms with van der Waals surface area (Å²) in [6.45, 7) is 10.9. The van der Waals surface area contributed by atoms with Gasteiger partial charge in [0.05, 0.1) is 0 Å². The van der Waals surface area contributed by atoms with Gasteiger partial charge in [-0.15, -0.1) is 0 Å². The summed E-state index contributed by atoms with van der Waals surface area (Å²) in [7, 11) is 0. The fourth-order valence-corrected chi connectivity index (χ4v) is 3.83. The van der Waals surface area contributed by atoms with E-state index in [0.717, 1.165) is 17.9 Å². The van der Waals surface area contributed by atoms with E-state index in [1.807, 2.05) is 0 Å². The minimum atomic E-state index is 0.703. The Morgan fingerprint density at radius 1 is 1.16 bits per heavy atom. The van der Waals surface area contributed by atoms with E-state index in [9.17, 15) is 0 Å². The molecule has 112 valence electrons. The molecule has 1 saturated heterocycles. The van der Waals surface area contributed by atoms with Gasteiger partial charge in [-0.1, -0.05) is 52.9 Å². The van der Waals surface area contributed by atoms with Crippen LogP contribution in [0.4, 0.5) is 0 Å². The Hall–Kier alpha value is -0.0800. The molecule has 2 unspecified atom stereocenters. The number of rotatable bonds is 5. The lowest BCUT2D eigenvalue weighted by molar-refractivity contribution is 0.100. The molecule has 1 saturated carbocycles. The predicted molar refractivity (Wildman–Crippen MR) is 83.5 cm³/mol. The summed E-state index contributed by atoms with van der Waals surface area (Å²) in [5.74, 6) is 1.79. The molecule has 2 heteroatoms. The first-order chi connectivity index (χ1) is 9.20. The summed E-state index contributed by atoms with van der Waals surface area (Å²) in [4.78, 5) is 2.79. The molecule has 2 rings (SSSR count). The van der Waals surface area contributed by atoms with Crippen molar-refractivity contribution in [2.45, 2.75) is 77.8 Å². The predicted octanol–water partition coefficient (Wildman–Crippen LogP) is 3.67. The largest absolute Gasteiger partial charge is 0.311 e. The van der Waals surface area contributed by atoms with E-state index in [4.69, 9.17) is 0 Å². The van der Waals surface area contributed by atoms with Gasteiger partial charge in [-0.3, -0.25) is 4.90 Å². The maximum absolute atomic E-state index is 3.75. The molecule has 0 aromatic heterocycles. The summed E-state index contributed by atoms with van der Waals surface area (Å²) in [6, 6.07) is 1.48. The SMILES string of the molecule is CCC1CNC(C(C)C)CN1CCC1CCCCC1. The standard InChI is InChI=1S/C17H34N2/c1-4-16-12-18-17(14(2)3)13-19(16)11-10-15-8-6-5-7-9-15/h14-18H,4-13H2,1-3H3. The Balaban J connectivity index is 1.80. The quantitative estimate of drug-likeness (QED) is 0.817. The van der Waals surface area contributed by atoms with Crippen molar-refractivity contribution in [3.63, 3.8) is 0 Å². The molecule has 0 aromatic rings. The number of nitrogens with zero attached hydrogens (tertiary/aromatic N) is 1. The minimum absolute atomic E-state index is 0.703. The molecule has 0 bridgehead atoms. The Morgan fingerprint density at radius 3 is 2.53 bits per heavy atom. The van der Waals surface area contributed by atoms with Crippen LogP contribution in [0.25, 0.3) is 0 Å². The van der Waals surface area contributed by atoms with Crippen molar-refractivity contribution in [3.05, 3.63) is 0 Å². The van der Waals surface area contributed by atoms with Crippen LogP contribution in [0.3, 0.4) is 0 Å². The summed E-state index contributed by atoms with van der Waals surface area (Å²) < 4.78 is 0. The van der Waals surface area contributed by atoms with E-state index in [-0.39, 0.29) is 0 Å². The lowest BCUT2D eigenvalue weighted by Crippen LogP contribution is -2.58. The van der Waals surface area contributed by atoms with Gasteiger partial charge in [0.2, 0.25) is 0 Å². The second kappa shape index (κ2) is 7.64. The lowest BCUT2D eigenvalue weighted by atomic mass is 9.86. The molecule has 1 aliphatic heterocycles. The summed E-state index contributed by atoms with van der Waals surface area (Å²) >= 11 is 0. The van der Waals surface area contributed by atoms with Crippen LogP contribution in [0.2, 0.25) is 0 Å². The van der Waals surface area contributed by atoms with Gasteiger partial charge in [0.25, 0.3) is 0 Å². The van der Waals surface area contributed by atoms with Crippen molar-refractivity contribution in [3.8, 4) is 0 Å². The second-order valence-corrected chi connectivity index (χ2v) is 7.11. The van der Waals surface area contributed by atoms with Crippen molar-refractivity contribution in [1.82, 2.24) is 10.2 Å². The highest BCUT2D eigenvalue weighted by molar-refractivity contribution is 4.87.